The highest BCUT2D eigenvalue weighted by atomic mass is 19.1. The van der Waals surface area contributed by atoms with E-state index in [0.29, 0.717) is 29.5 Å². The number of anilines is 1. The van der Waals surface area contributed by atoms with Gasteiger partial charge >= 0.3 is 5.97 Å². The van der Waals surface area contributed by atoms with E-state index < -0.39 is 17.3 Å². The van der Waals surface area contributed by atoms with Gasteiger partial charge in [-0.15, -0.1) is 0 Å². The second-order valence-electron chi connectivity index (χ2n) is 8.22. The molecule has 0 unspecified atom stereocenters. The Balaban J connectivity index is 1.43. The van der Waals surface area contributed by atoms with Crippen LogP contribution in [0, 0.1) is 5.82 Å². The third kappa shape index (κ3) is 3.78. The number of nitrogens with one attached hydrogen (secondary N) is 1. The van der Waals surface area contributed by atoms with Crippen molar-refractivity contribution in [3.8, 4) is 5.88 Å². The summed E-state index contributed by atoms with van der Waals surface area (Å²) in [4.78, 5) is 20.9. The van der Waals surface area contributed by atoms with Crippen molar-refractivity contribution in [2.75, 3.05) is 18.5 Å². The maximum atomic E-state index is 14.1. The number of esters is 1. The highest BCUT2D eigenvalue weighted by Crippen LogP contribution is 2.51. The van der Waals surface area contributed by atoms with Crippen LogP contribution in [0.25, 0.3) is 5.65 Å². The van der Waals surface area contributed by atoms with Gasteiger partial charge in [0.05, 0.1) is 30.1 Å². The number of carbonyl (C=O) groups is 1. The number of aromatic nitrogens is 4. The SMILES string of the molecule is CCOC(=O)c1cnn2ccc(NC3(c4cc(F)cnc4OCC4(N)CC4)CC3)nc12. The molecule has 3 aromatic heterocycles. The molecule has 5 rings (SSSR count). The Kier molecular flexibility index (Phi) is 4.54. The molecule has 3 heterocycles. The molecule has 10 heteroatoms. The molecule has 0 atom stereocenters. The molecule has 3 aromatic rings. The summed E-state index contributed by atoms with van der Waals surface area (Å²) >= 11 is 0. The van der Waals surface area contributed by atoms with Crippen molar-refractivity contribution in [2.45, 2.75) is 43.7 Å². The number of fused-ring (bicyclic) bond motifs is 1. The number of pyridine rings is 1. The van der Waals surface area contributed by atoms with Crippen molar-refractivity contribution in [2.24, 2.45) is 5.73 Å². The van der Waals surface area contributed by atoms with E-state index in [4.69, 9.17) is 15.2 Å². The lowest BCUT2D eigenvalue weighted by Crippen LogP contribution is -2.31. The number of hydrogen-bond acceptors (Lipinski definition) is 8. The second-order valence-corrected chi connectivity index (χ2v) is 8.22. The average molecular weight is 426 g/mol. The van der Waals surface area contributed by atoms with E-state index in [1.807, 2.05) is 0 Å². The lowest BCUT2D eigenvalue weighted by molar-refractivity contribution is 0.0528. The molecule has 2 fully saturated rings. The quantitative estimate of drug-likeness (QED) is 0.528. The fourth-order valence-corrected chi connectivity index (χ4v) is 3.52. The number of nitrogens with zero attached hydrogens (tertiary/aromatic N) is 4. The number of rotatable bonds is 8. The number of ether oxygens (including phenoxy) is 2. The first-order valence-electron chi connectivity index (χ1n) is 10.3. The zero-order chi connectivity index (χ0) is 21.6. The zero-order valence-electron chi connectivity index (χ0n) is 17.1. The fraction of sp³-hybridized carbons (Fsp3) is 0.429. The van der Waals surface area contributed by atoms with Crippen LogP contribution in [0.5, 0.6) is 5.88 Å². The molecule has 0 aliphatic heterocycles. The summed E-state index contributed by atoms with van der Waals surface area (Å²) < 4.78 is 26.5. The van der Waals surface area contributed by atoms with Gasteiger partial charge in [-0.2, -0.15) is 5.10 Å². The van der Waals surface area contributed by atoms with E-state index >= 15 is 0 Å². The molecule has 2 saturated carbocycles. The first-order valence-corrected chi connectivity index (χ1v) is 10.3. The van der Waals surface area contributed by atoms with Gasteiger partial charge in [0.1, 0.15) is 23.8 Å². The van der Waals surface area contributed by atoms with Gasteiger partial charge in [0.25, 0.3) is 0 Å². The topological polar surface area (TPSA) is 117 Å². The third-order valence-corrected chi connectivity index (χ3v) is 5.70. The normalized spacial score (nSPS) is 17.9. The van der Waals surface area contributed by atoms with Gasteiger partial charge in [-0.1, -0.05) is 0 Å². The maximum Gasteiger partial charge on any atom is 0.343 e. The molecular weight excluding hydrogens is 403 g/mol. The first kappa shape index (κ1) is 19.7. The van der Waals surface area contributed by atoms with Gasteiger partial charge in [0.2, 0.25) is 5.88 Å². The third-order valence-electron chi connectivity index (χ3n) is 5.70. The number of hydrogen-bond donors (Lipinski definition) is 2. The number of carbonyl (C=O) groups excluding carboxylic acids is 1. The van der Waals surface area contributed by atoms with Crippen LogP contribution in [0.3, 0.4) is 0 Å². The molecule has 31 heavy (non-hydrogen) atoms. The van der Waals surface area contributed by atoms with Crippen LogP contribution in [-0.4, -0.2) is 44.3 Å². The van der Waals surface area contributed by atoms with Crippen LogP contribution in [0.4, 0.5) is 10.2 Å². The van der Waals surface area contributed by atoms with Crippen LogP contribution in [0.15, 0.2) is 30.7 Å². The Morgan fingerprint density at radius 3 is 2.84 bits per heavy atom. The molecule has 0 bridgehead atoms. The van der Waals surface area contributed by atoms with E-state index in [1.165, 1.54) is 16.8 Å². The molecule has 0 amide bonds. The van der Waals surface area contributed by atoms with Gasteiger partial charge in [-0.05, 0) is 44.7 Å². The van der Waals surface area contributed by atoms with Crippen LogP contribution in [-0.2, 0) is 10.3 Å². The van der Waals surface area contributed by atoms with E-state index in [1.54, 1.807) is 19.2 Å². The lowest BCUT2D eigenvalue weighted by Gasteiger charge is -2.22. The van der Waals surface area contributed by atoms with Gasteiger partial charge in [0, 0.05) is 11.8 Å². The average Bonchev–Trinajstić information content (AvgIpc) is 3.65. The highest BCUT2D eigenvalue weighted by molar-refractivity contribution is 5.95. The zero-order valence-corrected chi connectivity index (χ0v) is 17.1. The fourth-order valence-electron chi connectivity index (χ4n) is 3.52. The van der Waals surface area contributed by atoms with Gasteiger partial charge in [0.15, 0.2) is 5.65 Å². The summed E-state index contributed by atoms with van der Waals surface area (Å²) in [5.74, 6) is -0.0123. The minimum absolute atomic E-state index is 0.261. The molecular formula is C21H23FN6O3. The number of nitrogens with two attached hydrogens (primary N) is 1. The van der Waals surface area contributed by atoms with E-state index in [9.17, 15) is 9.18 Å². The Hall–Kier alpha value is -3.27. The Bertz CT molecular complexity index is 1160. The molecule has 0 aromatic carbocycles. The molecule has 3 N–H and O–H groups in total. The smallest absolute Gasteiger partial charge is 0.343 e. The Morgan fingerprint density at radius 2 is 2.13 bits per heavy atom. The monoisotopic (exact) mass is 426 g/mol. The van der Waals surface area contributed by atoms with Gasteiger partial charge < -0.3 is 20.5 Å². The standard InChI is InChI=1S/C21H23FN6O3/c1-2-30-19(29)14-11-25-28-8-3-16(26-17(14)28)27-21(6-7-21)15-9-13(22)10-24-18(15)31-12-20(23)4-5-20/h3,8-11H,2,4-7,12,23H2,1H3,(H,26,27). The molecule has 9 nitrogen and oxygen atoms in total. The van der Waals surface area contributed by atoms with E-state index in [0.717, 1.165) is 31.9 Å². The van der Waals surface area contributed by atoms with Gasteiger partial charge in [-0.3, -0.25) is 0 Å². The van der Waals surface area contributed by atoms with Gasteiger partial charge in [-0.25, -0.2) is 23.7 Å². The predicted octanol–water partition coefficient (Wildman–Crippen LogP) is 2.41. The molecule has 0 radical (unpaired) electrons. The van der Waals surface area contributed by atoms with Crippen LogP contribution < -0.4 is 15.8 Å². The summed E-state index contributed by atoms with van der Waals surface area (Å²) in [7, 11) is 0. The number of halogens is 1. The first-order chi connectivity index (χ1) is 14.9. The molecule has 2 aliphatic rings. The molecule has 0 saturated heterocycles. The summed E-state index contributed by atoms with van der Waals surface area (Å²) in [5.41, 5.74) is 6.57. The lowest BCUT2D eigenvalue weighted by atomic mass is 10.1. The van der Waals surface area contributed by atoms with Crippen LogP contribution in [0.2, 0.25) is 0 Å². The van der Waals surface area contributed by atoms with Crippen molar-refractivity contribution >= 4 is 17.4 Å². The molecule has 2 aliphatic carbocycles. The van der Waals surface area contributed by atoms with Crippen molar-refractivity contribution < 1.29 is 18.7 Å². The van der Waals surface area contributed by atoms with Crippen molar-refractivity contribution in [3.05, 3.63) is 47.7 Å². The Morgan fingerprint density at radius 1 is 1.32 bits per heavy atom. The maximum absolute atomic E-state index is 14.1. The summed E-state index contributed by atoms with van der Waals surface area (Å²) in [6.07, 6.45) is 7.62. The summed E-state index contributed by atoms with van der Waals surface area (Å²) in [6, 6.07) is 3.20. The Labute approximate surface area is 177 Å². The van der Waals surface area contributed by atoms with Crippen molar-refractivity contribution in [3.63, 3.8) is 0 Å². The van der Waals surface area contributed by atoms with E-state index in [2.05, 4.69) is 20.4 Å². The molecule has 162 valence electrons. The largest absolute Gasteiger partial charge is 0.475 e. The van der Waals surface area contributed by atoms with Crippen molar-refractivity contribution in [1.29, 1.82) is 0 Å². The second kappa shape index (κ2) is 7.16. The van der Waals surface area contributed by atoms with E-state index in [-0.39, 0.29) is 17.7 Å². The highest BCUT2D eigenvalue weighted by Gasteiger charge is 2.48. The molecule has 0 spiro atoms. The minimum Gasteiger partial charge on any atom is -0.475 e. The summed E-state index contributed by atoms with van der Waals surface area (Å²) in [6.45, 7) is 2.34. The minimum atomic E-state index is -0.550. The van der Waals surface area contributed by atoms with Crippen LogP contribution in [0.1, 0.15) is 48.5 Å². The van der Waals surface area contributed by atoms with Crippen LogP contribution >= 0.6 is 0 Å². The van der Waals surface area contributed by atoms with Crippen molar-refractivity contribution in [1.82, 2.24) is 19.6 Å². The predicted molar refractivity (Wildman–Crippen MR) is 109 cm³/mol. The summed E-state index contributed by atoms with van der Waals surface area (Å²) in [5, 5.41) is 7.53.